The number of likely N-dealkylation sites (tertiary alicyclic amines) is 1. The SMILES string of the molecule is Cc1cc(N2CCN(C[C@@H]3COCCO3)C[C@@]2(C)C(F)F)nn1C1CC2(C1)CN(C(=O)OC(C)(C)C)C2. The second-order valence-corrected chi connectivity index (χ2v) is 12.6. The van der Waals surface area contributed by atoms with Crippen LogP contribution < -0.4 is 4.90 Å². The van der Waals surface area contributed by atoms with E-state index in [4.69, 9.17) is 19.3 Å². The van der Waals surface area contributed by atoms with Crippen molar-refractivity contribution in [2.24, 2.45) is 5.41 Å². The molecule has 2 atom stereocenters. The molecular formula is C26H41F2N5O4. The van der Waals surface area contributed by atoms with Gasteiger partial charge in [-0.25, -0.2) is 13.6 Å². The standard InChI is InChI=1S/C26H41F2N5O4/c1-18-10-21(29-33(18)19-11-26(12-19)16-31(17-26)23(34)37-24(2,3)4)32-7-6-30(15-25(32,5)22(27)28)13-20-14-35-8-9-36-20/h10,19-20,22H,6-9,11-17H2,1-5H3/t20-,25+/m1/s1. The maximum absolute atomic E-state index is 14.5. The molecule has 1 aromatic rings. The van der Waals surface area contributed by atoms with Gasteiger partial charge in [-0.2, -0.15) is 5.10 Å². The Balaban J connectivity index is 1.20. The van der Waals surface area contributed by atoms with Gasteiger partial charge in [-0.3, -0.25) is 9.58 Å². The van der Waals surface area contributed by atoms with Crippen molar-refractivity contribution in [2.75, 3.05) is 64.0 Å². The van der Waals surface area contributed by atoms with Crippen LogP contribution in [0.2, 0.25) is 0 Å². The van der Waals surface area contributed by atoms with E-state index in [0.717, 1.165) is 18.5 Å². The van der Waals surface area contributed by atoms with E-state index in [1.54, 1.807) is 16.7 Å². The molecular weight excluding hydrogens is 484 g/mol. The number of anilines is 1. The number of aromatic nitrogens is 2. The second kappa shape index (κ2) is 9.64. The average molecular weight is 526 g/mol. The van der Waals surface area contributed by atoms with Crippen LogP contribution in [0.15, 0.2) is 6.07 Å². The summed E-state index contributed by atoms with van der Waals surface area (Å²) in [4.78, 5) is 17.9. The Morgan fingerprint density at radius 2 is 1.95 bits per heavy atom. The average Bonchev–Trinajstić information content (AvgIpc) is 3.12. The third-order valence-corrected chi connectivity index (χ3v) is 8.19. The first-order chi connectivity index (χ1) is 17.4. The minimum Gasteiger partial charge on any atom is -0.444 e. The van der Waals surface area contributed by atoms with Crippen LogP contribution >= 0.6 is 0 Å². The highest BCUT2D eigenvalue weighted by Crippen LogP contribution is 2.54. The molecule has 208 valence electrons. The van der Waals surface area contributed by atoms with Gasteiger partial charge in [-0.15, -0.1) is 0 Å². The zero-order valence-corrected chi connectivity index (χ0v) is 22.7. The topological polar surface area (TPSA) is 72.3 Å². The number of aryl methyl sites for hydroxylation is 1. The Morgan fingerprint density at radius 3 is 2.57 bits per heavy atom. The van der Waals surface area contributed by atoms with Crippen molar-refractivity contribution in [2.45, 2.75) is 77.2 Å². The van der Waals surface area contributed by atoms with Crippen molar-refractivity contribution in [1.29, 1.82) is 0 Å². The normalized spacial score (nSPS) is 28.9. The molecule has 1 amide bonds. The molecule has 4 fully saturated rings. The molecule has 1 saturated carbocycles. The van der Waals surface area contributed by atoms with Crippen molar-refractivity contribution >= 4 is 11.9 Å². The first-order valence-corrected chi connectivity index (χ1v) is 13.4. The lowest BCUT2D eigenvalue weighted by Gasteiger charge is -2.58. The Labute approximate surface area is 218 Å². The van der Waals surface area contributed by atoms with Gasteiger partial charge >= 0.3 is 6.09 Å². The first kappa shape index (κ1) is 26.6. The Kier molecular flexibility index (Phi) is 6.94. The van der Waals surface area contributed by atoms with Gasteiger partial charge in [0.15, 0.2) is 5.82 Å². The fourth-order valence-corrected chi connectivity index (χ4v) is 6.33. The van der Waals surface area contributed by atoms with Crippen molar-refractivity contribution in [3.8, 4) is 0 Å². The molecule has 0 aromatic carbocycles. The maximum atomic E-state index is 14.5. The Hall–Kier alpha value is -1.98. The van der Waals surface area contributed by atoms with Crippen molar-refractivity contribution in [3.05, 3.63) is 11.8 Å². The molecule has 1 aliphatic carbocycles. The van der Waals surface area contributed by atoms with Crippen LogP contribution in [0.3, 0.4) is 0 Å². The van der Waals surface area contributed by atoms with E-state index in [1.807, 2.05) is 38.4 Å². The molecule has 3 saturated heterocycles. The largest absolute Gasteiger partial charge is 0.444 e. The molecule has 3 aliphatic heterocycles. The molecule has 9 nitrogen and oxygen atoms in total. The van der Waals surface area contributed by atoms with Crippen molar-refractivity contribution < 1.29 is 27.8 Å². The van der Waals surface area contributed by atoms with Crippen LogP contribution in [-0.2, 0) is 14.2 Å². The Morgan fingerprint density at radius 1 is 1.22 bits per heavy atom. The molecule has 1 spiro atoms. The summed E-state index contributed by atoms with van der Waals surface area (Å²) in [6, 6.07) is 2.16. The fourth-order valence-electron chi connectivity index (χ4n) is 6.33. The number of carbonyl (C=O) groups excluding carboxylic acids is 1. The predicted octanol–water partition coefficient (Wildman–Crippen LogP) is 3.32. The number of alkyl halides is 2. The lowest BCUT2D eigenvalue weighted by atomic mass is 9.61. The highest BCUT2D eigenvalue weighted by atomic mass is 19.3. The zero-order valence-electron chi connectivity index (χ0n) is 22.7. The van der Waals surface area contributed by atoms with Gasteiger partial charge in [0.1, 0.15) is 11.1 Å². The summed E-state index contributed by atoms with van der Waals surface area (Å²) in [5.74, 6) is 0.613. The number of halogens is 2. The number of amides is 1. The monoisotopic (exact) mass is 525 g/mol. The molecule has 37 heavy (non-hydrogen) atoms. The Bertz CT molecular complexity index is 978. The van der Waals surface area contributed by atoms with Crippen LogP contribution in [0, 0.1) is 12.3 Å². The third kappa shape index (κ3) is 5.31. The van der Waals surface area contributed by atoms with Crippen molar-refractivity contribution in [1.82, 2.24) is 19.6 Å². The number of nitrogens with zero attached hydrogens (tertiary/aromatic N) is 5. The molecule has 0 N–H and O–H groups in total. The number of piperazine rings is 1. The van der Waals surface area contributed by atoms with Gasteiger partial charge in [0.25, 0.3) is 6.43 Å². The third-order valence-electron chi connectivity index (χ3n) is 8.19. The van der Waals surface area contributed by atoms with E-state index in [-0.39, 0.29) is 30.2 Å². The highest BCUT2D eigenvalue weighted by Gasteiger charge is 2.55. The quantitative estimate of drug-likeness (QED) is 0.584. The lowest BCUT2D eigenvalue weighted by molar-refractivity contribution is -0.102. The van der Waals surface area contributed by atoms with Crippen LogP contribution in [-0.4, -0.2) is 108 Å². The predicted molar refractivity (Wildman–Crippen MR) is 134 cm³/mol. The number of hydrogen-bond donors (Lipinski definition) is 0. The fraction of sp³-hybridized carbons (Fsp3) is 0.846. The molecule has 0 radical (unpaired) electrons. The van der Waals surface area contributed by atoms with Gasteiger partial charge in [-0.1, -0.05) is 0 Å². The summed E-state index contributed by atoms with van der Waals surface area (Å²) in [5, 5.41) is 4.84. The number of rotatable bonds is 5. The molecule has 1 aromatic heterocycles. The number of carbonyl (C=O) groups is 1. The summed E-state index contributed by atoms with van der Waals surface area (Å²) in [6.07, 6.45) is -1.00. The number of ether oxygens (including phenoxy) is 3. The summed E-state index contributed by atoms with van der Waals surface area (Å²) in [6.45, 7) is 14.3. The van der Waals surface area contributed by atoms with Crippen LogP contribution in [0.1, 0.15) is 52.3 Å². The summed E-state index contributed by atoms with van der Waals surface area (Å²) >= 11 is 0. The second-order valence-electron chi connectivity index (χ2n) is 12.6. The van der Waals surface area contributed by atoms with Crippen molar-refractivity contribution in [3.63, 3.8) is 0 Å². The van der Waals surface area contributed by atoms with Crippen LogP contribution in [0.5, 0.6) is 0 Å². The van der Waals surface area contributed by atoms with Crippen LogP contribution in [0.4, 0.5) is 19.4 Å². The van der Waals surface area contributed by atoms with E-state index in [0.29, 0.717) is 58.4 Å². The van der Waals surface area contributed by atoms with Gasteiger partial charge in [0.05, 0.1) is 32.0 Å². The molecule has 0 bridgehead atoms. The van der Waals surface area contributed by atoms with Gasteiger partial charge in [0.2, 0.25) is 0 Å². The van der Waals surface area contributed by atoms with Crippen LogP contribution in [0.25, 0.3) is 0 Å². The summed E-state index contributed by atoms with van der Waals surface area (Å²) in [7, 11) is 0. The zero-order chi connectivity index (χ0) is 26.6. The van der Waals surface area contributed by atoms with E-state index in [1.165, 1.54) is 0 Å². The van der Waals surface area contributed by atoms with E-state index >= 15 is 0 Å². The minimum absolute atomic E-state index is 0.0765. The molecule has 5 rings (SSSR count). The lowest BCUT2D eigenvalue weighted by Crippen LogP contribution is -2.65. The van der Waals surface area contributed by atoms with E-state index in [9.17, 15) is 13.6 Å². The molecule has 4 heterocycles. The molecule has 0 unspecified atom stereocenters. The van der Waals surface area contributed by atoms with Gasteiger partial charge in [-0.05, 0) is 47.5 Å². The molecule has 4 aliphatic rings. The maximum Gasteiger partial charge on any atom is 0.410 e. The first-order valence-electron chi connectivity index (χ1n) is 13.4. The van der Waals surface area contributed by atoms with Gasteiger partial charge in [0, 0.05) is 56.4 Å². The highest BCUT2D eigenvalue weighted by molar-refractivity contribution is 5.69. The number of hydrogen-bond acceptors (Lipinski definition) is 7. The van der Waals surface area contributed by atoms with E-state index in [2.05, 4.69) is 4.90 Å². The van der Waals surface area contributed by atoms with E-state index < -0.39 is 17.6 Å². The summed E-state index contributed by atoms with van der Waals surface area (Å²) < 4.78 is 47.7. The van der Waals surface area contributed by atoms with Gasteiger partial charge < -0.3 is 24.0 Å². The smallest absolute Gasteiger partial charge is 0.410 e. The minimum atomic E-state index is -2.52. The summed E-state index contributed by atoms with van der Waals surface area (Å²) in [5.41, 5.74) is -0.748. The molecule has 11 heteroatoms.